The Morgan fingerprint density at radius 1 is 1.30 bits per heavy atom. The molecule has 2 aromatic rings. The van der Waals surface area contributed by atoms with Crippen molar-refractivity contribution in [3.63, 3.8) is 0 Å². The molecule has 0 radical (unpaired) electrons. The molecule has 7 heteroatoms. The summed E-state index contributed by atoms with van der Waals surface area (Å²) in [4.78, 5) is 37.5. The number of benzene rings is 1. The van der Waals surface area contributed by atoms with Crippen molar-refractivity contribution < 1.29 is 9.72 Å². The third-order valence-corrected chi connectivity index (χ3v) is 2.78. The summed E-state index contributed by atoms with van der Waals surface area (Å²) in [5, 5.41) is 10.7. The predicted octanol–water partition coefficient (Wildman–Crippen LogP) is 1.56. The number of aromatic nitrogens is 1. The molecule has 0 saturated carbocycles. The lowest BCUT2D eigenvalue weighted by atomic mass is 10.2. The zero-order valence-corrected chi connectivity index (χ0v) is 10.6. The van der Waals surface area contributed by atoms with Crippen LogP contribution in [0.5, 0.6) is 0 Å². The van der Waals surface area contributed by atoms with Crippen LogP contribution >= 0.6 is 0 Å². The fourth-order valence-electron chi connectivity index (χ4n) is 1.70. The Balaban J connectivity index is 2.36. The summed E-state index contributed by atoms with van der Waals surface area (Å²) in [6, 6.07) is 8.58. The van der Waals surface area contributed by atoms with Gasteiger partial charge in [0.15, 0.2) is 0 Å². The number of H-pyrrole nitrogens is 1. The number of aromatic amines is 1. The van der Waals surface area contributed by atoms with E-state index in [1.165, 1.54) is 48.5 Å². The fourth-order valence-corrected chi connectivity index (χ4v) is 1.70. The zero-order chi connectivity index (χ0) is 14.7. The Labute approximate surface area is 113 Å². The van der Waals surface area contributed by atoms with Gasteiger partial charge in [-0.1, -0.05) is 6.07 Å². The van der Waals surface area contributed by atoms with Gasteiger partial charge in [-0.2, -0.15) is 0 Å². The molecule has 0 atom stereocenters. The highest BCUT2D eigenvalue weighted by Crippen LogP contribution is 2.20. The fraction of sp³-hybridized carbons (Fsp3) is 0.0769. The van der Waals surface area contributed by atoms with Gasteiger partial charge >= 0.3 is 0 Å². The normalized spacial score (nSPS) is 10.1. The van der Waals surface area contributed by atoms with Crippen molar-refractivity contribution in [2.45, 2.75) is 0 Å². The predicted molar refractivity (Wildman–Crippen MR) is 72.9 cm³/mol. The van der Waals surface area contributed by atoms with Crippen molar-refractivity contribution in [3.05, 3.63) is 68.6 Å². The van der Waals surface area contributed by atoms with E-state index in [0.717, 1.165) is 0 Å². The maximum absolute atomic E-state index is 12.2. The van der Waals surface area contributed by atoms with Gasteiger partial charge in [0, 0.05) is 25.4 Å². The number of rotatable bonds is 3. The van der Waals surface area contributed by atoms with Crippen molar-refractivity contribution in [3.8, 4) is 0 Å². The van der Waals surface area contributed by atoms with Crippen molar-refractivity contribution in [1.82, 2.24) is 4.98 Å². The number of hydrogen-bond donors (Lipinski definition) is 1. The average molecular weight is 273 g/mol. The number of nitro benzene ring substituents is 1. The van der Waals surface area contributed by atoms with E-state index in [1.54, 1.807) is 6.07 Å². The standard InChI is InChI=1S/C13H11N3O4/c1-15(9-4-2-5-10(8-9)16(19)20)13(18)11-6-3-7-14-12(11)17/h2-8H,1H3,(H,14,17). The lowest BCUT2D eigenvalue weighted by molar-refractivity contribution is -0.384. The molecular weight excluding hydrogens is 262 g/mol. The van der Waals surface area contributed by atoms with Crippen molar-refractivity contribution in [2.75, 3.05) is 11.9 Å². The van der Waals surface area contributed by atoms with Gasteiger partial charge in [0.2, 0.25) is 0 Å². The number of non-ortho nitro benzene ring substituents is 1. The van der Waals surface area contributed by atoms with Gasteiger partial charge in [-0.15, -0.1) is 0 Å². The number of anilines is 1. The molecule has 7 nitrogen and oxygen atoms in total. The summed E-state index contributed by atoms with van der Waals surface area (Å²) >= 11 is 0. The molecule has 0 spiro atoms. The lowest BCUT2D eigenvalue weighted by Crippen LogP contribution is -2.31. The molecule has 0 unspecified atom stereocenters. The van der Waals surface area contributed by atoms with Crippen molar-refractivity contribution in [1.29, 1.82) is 0 Å². The van der Waals surface area contributed by atoms with E-state index >= 15 is 0 Å². The third-order valence-electron chi connectivity index (χ3n) is 2.78. The Hall–Kier alpha value is -2.96. The van der Waals surface area contributed by atoms with Crippen molar-refractivity contribution >= 4 is 17.3 Å². The first-order chi connectivity index (χ1) is 9.50. The smallest absolute Gasteiger partial charge is 0.271 e. The first kappa shape index (κ1) is 13.5. The second-order valence-corrected chi connectivity index (χ2v) is 4.05. The molecule has 2 rings (SSSR count). The molecule has 0 aliphatic rings. The van der Waals surface area contributed by atoms with Crippen LogP contribution in [-0.4, -0.2) is 22.9 Å². The Morgan fingerprint density at radius 3 is 2.70 bits per heavy atom. The topological polar surface area (TPSA) is 96.3 Å². The van der Waals surface area contributed by atoms with Crippen LogP contribution in [0.2, 0.25) is 0 Å². The number of carbonyl (C=O) groups excluding carboxylic acids is 1. The highest BCUT2D eigenvalue weighted by Gasteiger charge is 2.18. The molecule has 102 valence electrons. The number of nitrogens with one attached hydrogen (secondary N) is 1. The van der Waals surface area contributed by atoms with E-state index in [4.69, 9.17) is 0 Å². The maximum Gasteiger partial charge on any atom is 0.271 e. The second kappa shape index (κ2) is 5.35. The molecule has 1 heterocycles. The Kier molecular flexibility index (Phi) is 3.60. The minimum Gasteiger partial charge on any atom is -0.328 e. The van der Waals surface area contributed by atoms with Gasteiger partial charge in [0.05, 0.1) is 10.6 Å². The second-order valence-electron chi connectivity index (χ2n) is 4.05. The number of nitro groups is 1. The van der Waals surface area contributed by atoms with Gasteiger partial charge < -0.3 is 9.88 Å². The lowest BCUT2D eigenvalue weighted by Gasteiger charge is -2.16. The van der Waals surface area contributed by atoms with Crippen LogP contribution in [0.25, 0.3) is 0 Å². The summed E-state index contributed by atoms with van der Waals surface area (Å²) in [6.45, 7) is 0. The van der Waals surface area contributed by atoms with E-state index in [-0.39, 0.29) is 11.3 Å². The van der Waals surface area contributed by atoms with Crippen LogP contribution in [0.3, 0.4) is 0 Å². The molecule has 1 aromatic carbocycles. The van der Waals surface area contributed by atoms with Crippen LogP contribution in [0.4, 0.5) is 11.4 Å². The summed E-state index contributed by atoms with van der Waals surface area (Å²) in [6.07, 6.45) is 1.42. The molecule has 0 fully saturated rings. The number of pyridine rings is 1. The van der Waals surface area contributed by atoms with E-state index < -0.39 is 16.4 Å². The molecule has 1 N–H and O–H groups in total. The van der Waals surface area contributed by atoms with Gasteiger partial charge in [-0.05, 0) is 18.2 Å². The van der Waals surface area contributed by atoms with Crippen LogP contribution in [0.15, 0.2) is 47.4 Å². The molecule has 0 bridgehead atoms. The molecule has 20 heavy (non-hydrogen) atoms. The van der Waals surface area contributed by atoms with Gasteiger partial charge in [0.25, 0.3) is 17.2 Å². The average Bonchev–Trinajstić information content (AvgIpc) is 2.46. The number of nitrogens with zero attached hydrogens (tertiary/aromatic N) is 2. The van der Waals surface area contributed by atoms with Crippen LogP contribution in [0.1, 0.15) is 10.4 Å². The molecular formula is C13H11N3O4. The van der Waals surface area contributed by atoms with Gasteiger partial charge in [-0.25, -0.2) is 0 Å². The van der Waals surface area contributed by atoms with E-state index in [1.807, 2.05) is 0 Å². The zero-order valence-electron chi connectivity index (χ0n) is 10.6. The first-order valence-corrected chi connectivity index (χ1v) is 5.71. The summed E-state index contributed by atoms with van der Waals surface area (Å²) in [7, 11) is 1.45. The monoisotopic (exact) mass is 273 g/mol. The van der Waals surface area contributed by atoms with E-state index in [0.29, 0.717) is 5.69 Å². The third kappa shape index (κ3) is 2.56. The Morgan fingerprint density at radius 2 is 2.05 bits per heavy atom. The van der Waals surface area contributed by atoms with Gasteiger partial charge in [0.1, 0.15) is 5.56 Å². The molecule has 1 aromatic heterocycles. The molecule has 0 aliphatic carbocycles. The first-order valence-electron chi connectivity index (χ1n) is 5.71. The van der Waals surface area contributed by atoms with Crippen molar-refractivity contribution in [2.24, 2.45) is 0 Å². The van der Waals surface area contributed by atoms with E-state index in [2.05, 4.69) is 4.98 Å². The number of carbonyl (C=O) groups is 1. The van der Waals surface area contributed by atoms with Crippen LogP contribution in [0, 0.1) is 10.1 Å². The summed E-state index contributed by atoms with van der Waals surface area (Å²) < 4.78 is 0. The summed E-state index contributed by atoms with van der Waals surface area (Å²) in [5.41, 5.74) is -0.312. The molecule has 0 aliphatic heterocycles. The highest BCUT2D eigenvalue weighted by atomic mass is 16.6. The van der Waals surface area contributed by atoms with E-state index in [9.17, 15) is 19.7 Å². The maximum atomic E-state index is 12.2. The quantitative estimate of drug-likeness (QED) is 0.678. The summed E-state index contributed by atoms with van der Waals surface area (Å²) in [5.74, 6) is -0.535. The van der Waals surface area contributed by atoms with Gasteiger partial charge in [-0.3, -0.25) is 19.7 Å². The minimum absolute atomic E-state index is 0.0264. The number of amides is 1. The molecule has 1 amide bonds. The van der Waals surface area contributed by atoms with Crippen LogP contribution in [-0.2, 0) is 0 Å². The minimum atomic E-state index is -0.545. The highest BCUT2D eigenvalue weighted by molar-refractivity contribution is 6.05. The molecule has 0 saturated heterocycles. The Bertz CT molecular complexity index is 723. The largest absolute Gasteiger partial charge is 0.328 e. The number of hydrogen-bond acceptors (Lipinski definition) is 4. The van der Waals surface area contributed by atoms with Crippen LogP contribution < -0.4 is 10.5 Å². The SMILES string of the molecule is CN(C(=O)c1ccc[nH]c1=O)c1cccc([N+](=O)[O-])c1.